The summed E-state index contributed by atoms with van der Waals surface area (Å²) in [4.78, 5) is 14.1. The summed E-state index contributed by atoms with van der Waals surface area (Å²) in [6.07, 6.45) is 0. The van der Waals surface area contributed by atoms with E-state index in [4.69, 9.17) is 15.2 Å². The highest BCUT2D eigenvalue weighted by atomic mass is 35.5. The van der Waals surface area contributed by atoms with Crippen LogP contribution in [0.15, 0.2) is 18.2 Å². The van der Waals surface area contributed by atoms with Crippen LogP contribution in [0, 0.1) is 5.41 Å². The Morgan fingerprint density at radius 3 is 2.45 bits per heavy atom. The molecule has 0 spiro atoms. The monoisotopic (exact) mass is 330 g/mol. The van der Waals surface area contributed by atoms with E-state index >= 15 is 0 Å². The lowest BCUT2D eigenvalue weighted by Gasteiger charge is -2.29. The topological polar surface area (TPSA) is 64.8 Å². The summed E-state index contributed by atoms with van der Waals surface area (Å²) in [5.74, 6) is 1.15. The van der Waals surface area contributed by atoms with Crippen molar-refractivity contribution in [2.24, 2.45) is 11.1 Å². The molecule has 0 aliphatic heterocycles. The number of benzene rings is 1. The number of ether oxygens (including phenoxy) is 2. The van der Waals surface area contributed by atoms with Gasteiger partial charge in [-0.25, -0.2) is 0 Å². The Bertz CT molecular complexity index is 492. The second-order valence-electron chi connectivity index (χ2n) is 5.83. The highest BCUT2D eigenvalue weighted by Gasteiger charge is 2.22. The number of nitrogens with two attached hydrogens (primary N) is 1. The summed E-state index contributed by atoms with van der Waals surface area (Å²) in [5.41, 5.74) is 6.18. The Kier molecular flexibility index (Phi) is 8.27. The molecule has 5 nitrogen and oxygen atoms in total. The number of rotatable bonds is 7. The number of carbonyl (C=O) groups excluding carboxylic acids is 1. The molecule has 0 saturated heterocycles. The van der Waals surface area contributed by atoms with Gasteiger partial charge in [0.1, 0.15) is 0 Å². The molecule has 1 aromatic rings. The fourth-order valence-electron chi connectivity index (χ4n) is 2.07. The molecule has 6 heteroatoms. The third-order valence-corrected chi connectivity index (χ3v) is 3.27. The third kappa shape index (κ3) is 5.39. The van der Waals surface area contributed by atoms with Crippen molar-refractivity contribution in [2.75, 3.05) is 33.9 Å². The van der Waals surface area contributed by atoms with Gasteiger partial charge in [0.25, 0.3) is 5.91 Å². The Hall–Kier alpha value is -1.46. The summed E-state index contributed by atoms with van der Waals surface area (Å²) in [6.45, 7) is 7.65. The largest absolute Gasteiger partial charge is 0.493 e. The molecule has 0 heterocycles. The van der Waals surface area contributed by atoms with Crippen molar-refractivity contribution < 1.29 is 14.3 Å². The maximum atomic E-state index is 12.5. The number of carbonyl (C=O) groups is 1. The van der Waals surface area contributed by atoms with E-state index < -0.39 is 0 Å². The number of nitrogens with zero attached hydrogens (tertiary/aromatic N) is 1. The average Bonchev–Trinajstić information content (AvgIpc) is 2.46. The van der Waals surface area contributed by atoms with Gasteiger partial charge in [0.2, 0.25) is 0 Å². The van der Waals surface area contributed by atoms with Crippen molar-refractivity contribution in [3.05, 3.63) is 23.8 Å². The van der Waals surface area contributed by atoms with Gasteiger partial charge in [0.15, 0.2) is 11.5 Å². The van der Waals surface area contributed by atoms with Crippen molar-refractivity contribution in [2.45, 2.75) is 20.8 Å². The smallest absolute Gasteiger partial charge is 0.253 e. The van der Waals surface area contributed by atoms with Gasteiger partial charge in [-0.3, -0.25) is 4.79 Å². The van der Waals surface area contributed by atoms with Crippen LogP contribution in [0.3, 0.4) is 0 Å². The molecule has 0 radical (unpaired) electrons. The standard InChI is InChI=1S/C16H26N2O3.ClH/c1-6-21-13-8-7-12(9-14(13)20-5)15(19)18(4)11-16(2,3)10-17;/h7-9H,6,10-11,17H2,1-5H3;1H. The lowest BCUT2D eigenvalue weighted by Crippen LogP contribution is -2.39. The molecule has 0 saturated carbocycles. The van der Waals surface area contributed by atoms with E-state index in [1.54, 1.807) is 37.3 Å². The van der Waals surface area contributed by atoms with Crippen LogP contribution in [0.4, 0.5) is 0 Å². The van der Waals surface area contributed by atoms with Gasteiger partial charge in [-0.05, 0) is 37.1 Å². The molecular formula is C16H27ClN2O3. The number of amides is 1. The first kappa shape index (κ1) is 20.5. The molecule has 1 aromatic carbocycles. The van der Waals surface area contributed by atoms with Crippen LogP contribution in [0.25, 0.3) is 0 Å². The van der Waals surface area contributed by atoms with Crippen LogP contribution in [0.5, 0.6) is 11.5 Å². The second-order valence-corrected chi connectivity index (χ2v) is 5.83. The Morgan fingerprint density at radius 2 is 1.95 bits per heavy atom. The molecule has 0 fully saturated rings. The van der Waals surface area contributed by atoms with E-state index in [1.807, 2.05) is 20.8 Å². The van der Waals surface area contributed by atoms with Crippen molar-refractivity contribution in [3.63, 3.8) is 0 Å². The van der Waals surface area contributed by atoms with Crippen LogP contribution >= 0.6 is 12.4 Å². The molecule has 0 atom stereocenters. The molecule has 0 aliphatic rings. The predicted octanol–water partition coefficient (Wildman–Crippen LogP) is 2.57. The predicted molar refractivity (Wildman–Crippen MR) is 91.2 cm³/mol. The summed E-state index contributed by atoms with van der Waals surface area (Å²) in [6, 6.07) is 5.22. The van der Waals surface area contributed by atoms with Crippen LogP contribution < -0.4 is 15.2 Å². The lowest BCUT2D eigenvalue weighted by atomic mass is 9.93. The van der Waals surface area contributed by atoms with Gasteiger partial charge in [0.05, 0.1) is 13.7 Å². The first-order valence-electron chi connectivity index (χ1n) is 7.11. The average molecular weight is 331 g/mol. The van der Waals surface area contributed by atoms with Crippen molar-refractivity contribution in [1.29, 1.82) is 0 Å². The minimum Gasteiger partial charge on any atom is -0.493 e. The lowest BCUT2D eigenvalue weighted by molar-refractivity contribution is 0.0740. The van der Waals surface area contributed by atoms with Gasteiger partial charge in [0, 0.05) is 19.2 Å². The Labute approximate surface area is 139 Å². The highest BCUT2D eigenvalue weighted by Crippen LogP contribution is 2.28. The minimum absolute atomic E-state index is 0. The highest BCUT2D eigenvalue weighted by molar-refractivity contribution is 5.94. The van der Waals surface area contributed by atoms with Gasteiger partial charge in [-0.2, -0.15) is 0 Å². The number of halogens is 1. The zero-order valence-corrected chi connectivity index (χ0v) is 14.8. The van der Waals surface area contributed by atoms with Crippen molar-refractivity contribution >= 4 is 18.3 Å². The van der Waals surface area contributed by atoms with E-state index in [1.165, 1.54) is 0 Å². The summed E-state index contributed by atoms with van der Waals surface area (Å²) in [5, 5.41) is 0. The molecule has 1 amide bonds. The van der Waals surface area contributed by atoms with Crippen LogP contribution in [0.1, 0.15) is 31.1 Å². The maximum absolute atomic E-state index is 12.5. The van der Waals surface area contributed by atoms with E-state index in [0.717, 1.165) is 0 Å². The number of methoxy groups -OCH3 is 1. The first-order valence-corrected chi connectivity index (χ1v) is 7.11. The van der Waals surface area contributed by atoms with Gasteiger partial charge in [-0.1, -0.05) is 13.8 Å². The minimum atomic E-state index is -0.111. The number of hydrogen-bond acceptors (Lipinski definition) is 4. The van der Waals surface area contributed by atoms with E-state index in [2.05, 4.69) is 0 Å². The SMILES string of the molecule is CCOc1ccc(C(=O)N(C)CC(C)(C)CN)cc1OC.Cl. The van der Waals surface area contributed by atoms with Gasteiger partial charge in [-0.15, -0.1) is 12.4 Å². The van der Waals surface area contributed by atoms with E-state index in [9.17, 15) is 4.79 Å². The number of hydrogen-bond donors (Lipinski definition) is 1. The molecule has 2 N–H and O–H groups in total. The normalized spacial score (nSPS) is 10.6. The second kappa shape index (κ2) is 8.86. The maximum Gasteiger partial charge on any atom is 0.253 e. The van der Waals surface area contributed by atoms with Crippen LogP contribution in [-0.2, 0) is 0 Å². The molecule has 0 bridgehead atoms. The molecule has 0 unspecified atom stereocenters. The first-order chi connectivity index (χ1) is 9.84. The summed E-state index contributed by atoms with van der Waals surface area (Å²) < 4.78 is 10.7. The van der Waals surface area contributed by atoms with Gasteiger partial charge >= 0.3 is 0 Å². The van der Waals surface area contributed by atoms with Gasteiger partial charge < -0.3 is 20.1 Å². The zero-order chi connectivity index (χ0) is 16.0. The molecular weight excluding hydrogens is 304 g/mol. The fraction of sp³-hybridized carbons (Fsp3) is 0.562. The van der Waals surface area contributed by atoms with Crippen molar-refractivity contribution in [3.8, 4) is 11.5 Å². The Morgan fingerprint density at radius 1 is 1.32 bits per heavy atom. The third-order valence-electron chi connectivity index (χ3n) is 3.27. The summed E-state index contributed by atoms with van der Waals surface area (Å²) >= 11 is 0. The molecule has 22 heavy (non-hydrogen) atoms. The Balaban J connectivity index is 0.00000441. The fourth-order valence-corrected chi connectivity index (χ4v) is 2.07. The van der Waals surface area contributed by atoms with E-state index in [-0.39, 0.29) is 23.7 Å². The van der Waals surface area contributed by atoms with E-state index in [0.29, 0.717) is 36.8 Å². The van der Waals surface area contributed by atoms with Crippen LogP contribution in [0.2, 0.25) is 0 Å². The molecule has 0 aromatic heterocycles. The summed E-state index contributed by atoms with van der Waals surface area (Å²) in [7, 11) is 3.34. The zero-order valence-electron chi connectivity index (χ0n) is 14.0. The van der Waals surface area contributed by atoms with Crippen LogP contribution in [-0.4, -0.2) is 44.7 Å². The molecule has 0 aliphatic carbocycles. The molecule has 1 rings (SSSR count). The van der Waals surface area contributed by atoms with Crippen molar-refractivity contribution in [1.82, 2.24) is 4.90 Å². The molecule has 126 valence electrons. The quantitative estimate of drug-likeness (QED) is 0.834.